The smallest absolute Gasteiger partial charge is 0.262 e. The third kappa shape index (κ3) is 4.26. The molecule has 0 aliphatic carbocycles. The topological polar surface area (TPSA) is 99.1 Å². The summed E-state index contributed by atoms with van der Waals surface area (Å²) in [5.41, 5.74) is 8.08. The molecule has 2 N–H and O–H groups in total. The molecule has 2 amide bonds. The lowest BCUT2D eigenvalue weighted by atomic mass is 10.1. The van der Waals surface area contributed by atoms with E-state index < -0.39 is 12.1 Å². The van der Waals surface area contributed by atoms with Crippen molar-refractivity contribution in [1.82, 2.24) is 9.80 Å². The van der Waals surface area contributed by atoms with Crippen LogP contribution in [0.5, 0.6) is 0 Å². The SMILES string of the molecule is Nc1ccc(C2N=C3C=[N+](CC(=O)[C@@H]4CCCN4C(=O)Cc4ccccc4)C=CN3C2=O)cc1. The summed E-state index contributed by atoms with van der Waals surface area (Å²) in [5.74, 6) is 0.300. The number of aliphatic imine (C=N–C) groups is 1. The fourth-order valence-electron chi connectivity index (χ4n) is 4.63. The standard InChI is InChI=1S/C26H26N5O3/c27-20-10-8-19(9-11-20)25-26(34)31-14-13-29(17-23(31)28-25)16-22(32)21-7-4-12-30(21)24(33)15-18-5-2-1-3-6-18/h1-3,5-6,8-11,13-14,17,21,25H,4,7,12,15-16,27H2/q+1/t21-,25?/m0/s1. The summed E-state index contributed by atoms with van der Waals surface area (Å²) in [6, 6.07) is 15.6. The number of nitrogens with two attached hydrogens (primary N) is 1. The van der Waals surface area contributed by atoms with Crippen LogP contribution in [0.25, 0.3) is 0 Å². The number of rotatable bonds is 6. The zero-order valence-electron chi connectivity index (χ0n) is 18.7. The van der Waals surface area contributed by atoms with Gasteiger partial charge in [0.2, 0.25) is 30.3 Å². The number of anilines is 1. The van der Waals surface area contributed by atoms with Gasteiger partial charge in [-0.2, -0.15) is 4.58 Å². The van der Waals surface area contributed by atoms with Gasteiger partial charge in [-0.05, 0) is 36.1 Å². The highest BCUT2D eigenvalue weighted by Gasteiger charge is 2.39. The molecule has 34 heavy (non-hydrogen) atoms. The molecule has 172 valence electrons. The summed E-state index contributed by atoms with van der Waals surface area (Å²) in [5, 5.41) is 0. The Balaban J connectivity index is 1.27. The molecular formula is C26H26N5O3+. The van der Waals surface area contributed by atoms with Crippen LogP contribution in [0.3, 0.4) is 0 Å². The first kappa shape index (κ1) is 21.8. The van der Waals surface area contributed by atoms with Gasteiger partial charge in [0, 0.05) is 12.2 Å². The van der Waals surface area contributed by atoms with Crippen LogP contribution in [0, 0.1) is 0 Å². The van der Waals surface area contributed by atoms with Crippen molar-refractivity contribution in [2.75, 3.05) is 18.8 Å². The average Bonchev–Trinajstić information content (AvgIpc) is 3.46. The number of nitrogens with zero attached hydrogens (tertiary/aromatic N) is 4. The van der Waals surface area contributed by atoms with Crippen molar-refractivity contribution < 1.29 is 19.0 Å². The number of nitrogen functional groups attached to an aromatic ring is 1. The van der Waals surface area contributed by atoms with Gasteiger partial charge in [-0.25, -0.2) is 4.99 Å². The Kier molecular flexibility index (Phi) is 5.79. The first-order valence-electron chi connectivity index (χ1n) is 11.4. The predicted octanol–water partition coefficient (Wildman–Crippen LogP) is 1.92. The molecule has 2 atom stereocenters. The van der Waals surface area contributed by atoms with Crippen LogP contribution in [-0.2, 0) is 20.8 Å². The van der Waals surface area contributed by atoms with E-state index in [4.69, 9.17) is 5.73 Å². The van der Waals surface area contributed by atoms with Crippen LogP contribution in [0.2, 0.25) is 0 Å². The summed E-state index contributed by atoms with van der Waals surface area (Å²) in [4.78, 5) is 46.6. The number of amides is 2. The quantitative estimate of drug-likeness (QED) is 0.530. The van der Waals surface area contributed by atoms with Gasteiger partial charge >= 0.3 is 0 Å². The molecule has 5 rings (SSSR count). The second-order valence-corrected chi connectivity index (χ2v) is 8.74. The lowest BCUT2D eigenvalue weighted by Gasteiger charge is -2.23. The maximum atomic E-state index is 13.1. The molecule has 2 aromatic carbocycles. The minimum atomic E-state index is -0.631. The molecule has 1 fully saturated rings. The zero-order valence-corrected chi connectivity index (χ0v) is 18.7. The van der Waals surface area contributed by atoms with Crippen LogP contribution in [-0.4, -0.2) is 63.2 Å². The maximum absolute atomic E-state index is 13.1. The molecular weight excluding hydrogens is 430 g/mol. The van der Waals surface area contributed by atoms with E-state index in [1.54, 1.807) is 52.4 Å². The fraction of sp³-hybridized carbons (Fsp3) is 0.269. The Morgan fingerprint density at radius 3 is 2.62 bits per heavy atom. The van der Waals surface area contributed by atoms with E-state index in [1.165, 1.54) is 4.90 Å². The molecule has 1 unspecified atom stereocenters. The molecule has 8 heteroatoms. The summed E-state index contributed by atoms with van der Waals surface area (Å²) in [7, 11) is 0. The Morgan fingerprint density at radius 2 is 1.85 bits per heavy atom. The largest absolute Gasteiger partial charge is 0.399 e. The Labute approximate surface area is 197 Å². The van der Waals surface area contributed by atoms with Gasteiger partial charge in [-0.15, -0.1) is 0 Å². The van der Waals surface area contributed by atoms with Crippen LogP contribution < -0.4 is 5.73 Å². The van der Waals surface area contributed by atoms with Gasteiger partial charge < -0.3 is 10.6 Å². The van der Waals surface area contributed by atoms with Crippen molar-refractivity contribution in [3.05, 3.63) is 78.1 Å². The molecule has 3 aliphatic heterocycles. The average molecular weight is 457 g/mol. The van der Waals surface area contributed by atoms with Crippen LogP contribution in [0.1, 0.15) is 30.0 Å². The van der Waals surface area contributed by atoms with Crippen molar-refractivity contribution in [2.24, 2.45) is 4.99 Å². The van der Waals surface area contributed by atoms with Gasteiger partial charge in [0.05, 0.1) is 18.7 Å². The minimum Gasteiger partial charge on any atom is -0.399 e. The van der Waals surface area contributed by atoms with Crippen molar-refractivity contribution in [1.29, 1.82) is 0 Å². The van der Waals surface area contributed by atoms with E-state index in [1.807, 2.05) is 30.3 Å². The number of amidine groups is 1. The van der Waals surface area contributed by atoms with E-state index in [9.17, 15) is 14.4 Å². The summed E-state index contributed by atoms with van der Waals surface area (Å²) >= 11 is 0. The Bertz CT molecular complexity index is 1220. The molecule has 3 heterocycles. The molecule has 2 aromatic rings. The monoisotopic (exact) mass is 456 g/mol. The van der Waals surface area contributed by atoms with E-state index >= 15 is 0 Å². The fourth-order valence-corrected chi connectivity index (χ4v) is 4.63. The van der Waals surface area contributed by atoms with Gasteiger partial charge in [0.1, 0.15) is 0 Å². The van der Waals surface area contributed by atoms with Crippen molar-refractivity contribution in [3.8, 4) is 0 Å². The number of carbonyl (C=O) groups excluding carboxylic acids is 3. The highest BCUT2D eigenvalue weighted by atomic mass is 16.2. The third-order valence-electron chi connectivity index (χ3n) is 6.40. The number of fused-ring (bicyclic) bond motifs is 1. The molecule has 3 aliphatic rings. The number of hydrogen-bond acceptors (Lipinski definition) is 5. The van der Waals surface area contributed by atoms with Gasteiger partial charge in [-0.3, -0.25) is 19.3 Å². The zero-order chi connectivity index (χ0) is 23.7. The minimum absolute atomic E-state index is 0.0201. The highest BCUT2D eigenvalue weighted by molar-refractivity contribution is 6.34. The van der Waals surface area contributed by atoms with E-state index in [-0.39, 0.29) is 24.1 Å². The number of Topliss-reactive ketones (excluding diaryl/α,β-unsaturated/α-hetero) is 1. The van der Waals surface area contributed by atoms with Gasteiger partial charge in [0.25, 0.3) is 5.91 Å². The summed E-state index contributed by atoms with van der Waals surface area (Å²) in [6.07, 6.45) is 6.82. The number of likely N-dealkylation sites (tertiary alicyclic amines) is 1. The van der Waals surface area contributed by atoms with Crippen molar-refractivity contribution >= 4 is 35.3 Å². The third-order valence-corrected chi connectivity index (χ3v) is 6.40. The van der Waals surface area contributed by atoms with E-state index in [2.05, 4.69) is 4.99 Å². The number of benzene rings is 2. The molecule has 0 aromatic heterocycles. The lowest BCUT2D eigenvalue weighted by Crippen LogP contribution is -2.44. The highest BCUT2D eigenvalue weighted by Crippen LogP contribution is 2.28. The molecule has 0 saturated carbocycles. The second kappa shape index (κ2) is 9.05. The maximum Gasteiger partial charge on any atom is 0.262 e. The van der Waals surface area contributed by atoms with Gasteiger partial charge in [-0.1, -0.05) is 42.5 Å². The first-order chi connectivity index (χ1) is 16.5. The normalized spacial score (nSPS) is 21.4. The van der Waals surface area contributed by atoms with Gasteiger partial charge in [0.15, 0.2) is 12.2 Å². The van der Waals surface area contributed by atoms with Crippen LogP contribution >= 0.6 is 0 Å². The molecule has 0 radical (unpaired) electrons. The van der Waals surface area contributed by atoms with Crippen molar-refractivity contribution in [2.45, 2.75) is 31.3 Å². The Hall–Kier alpha value is -4.07. The molecule has 0 bridgehead atoms. The first-order valence-corrected chi connectivity index (χ1v) is 11.4. The number of carbonyl (C=O) groups is 3. The van der Waals surface area contributed by atoms with Crippen LogP contribution in [0.15, 0.2) is 72.0 Å². The number of hydrogen-bond donors (Lipinski definition) is 1. The van der Waals surface area contributed by atoms with Crippen molar-refractivity contribution in [3.63, 3.8) is 0 Å². The Morgan fingerprint density at radius 1 is 1.09 bits per heavy atom. The van der Waals surface area contributed by atoms with Crippen LogP contribution in [0.4, 0.5) is 5.69 Å². The molecule has 1 saturated heterocycles. The predicted molar refractivity (Wildman–Crippen MR) is 128 cm³/mol. The lowest BCUT2D eigenvalue weighted by molar-refractivity contribution is -0.440. The summed E-state index contributed by atoms with van der Waals surface area (Å²) in [6.45, 7) is 0.712. The van der Waals surface area contributed by atoms with E-state index in [0.717, 1.165) is 17.5 Å². The molecule has 0 spiro atoms. The number of ketones is 1. The van der Waals surface area contributed by atoms with E-state index in [0.29, 0.717) is 30.9 Å². The molecule has 8 nitrogen and oxygen atoms in total. The summed E-state index contributed by atoms with van der Waals surface area (Å²) < 4.78 is 1.73. The second-order valence-electron chi connectivity index (χ2n) is 8.74.